The first-order chi connectivity index (χ1) is 8.72. The number of hydrogen-bond acceptors (Lipinski definition) is 3. The highest BCUT2D eigenvalue weighted by molar-refractivity contribution is 5.75. The molecule has 3 fully saturated rings. The van der Waals surface area contributed by atoms with E-state index in [1.807, 2.05) is 0 Å². The van der Waals surface area contributed by atoms with Crippen LogP contribution < -0.4 is 0 Å². The average molecular weight is 247 g/mol. The maximum absolute atomic E-state index is 10.3. The molecule has 18 heavy (non-hydrogen) atoms. The molecule has 2 aliphatic carbocycles. The summed E-state index contributed by atoms with van der Waals surface area (Å²) in [6, 6.07) is 8.48. The van der Waals surface area contributed by atoms with Crippen LogP contribution >= 0.6 is 0 Å². The molecule has 2 bridgehead atoms. The predicted octanol–water partition coefficient (Wildman–Crippen LogP) is 2.44. The number of carboxylic acid groups (broad SMARTS) is 1. The molecule has 96 valence electrons. The average Bonchev–Trinajstić information content (AvgIpc) is 2.35. The van der Waals surface area contributed by atoms with Gasteiger partial charge in [0.25, 0.3) is 0 Å². The third-order valence-corrected chi connectivity index (χ3v) is 4.07. The number of benzene rings is 1. The maximum atomic E-state index is 10.3. The van der Waals surface area contributed by atoms with Gasteiger partial charge >= 0.3 is 6.16 Å². The fourth-order valence-electron chi connectivity index (χ4n) is 2.84. The Morgan fingerprint density at radius 2 is 1.72 bits per heavy atom. The minimum absolute atomic E-state index is 0.0648. The van der Waals surface area contributed by atoms with Crippen LogP contribution in [0, 0.1) is 5.92 Å². The Labute approximate surface area is 106 Å². The number of carbonyl (C=O) groups is 1. The smallest absolute Gasteiger partial charge is 0.450 e. The van der Waals surface area contributed by atoms with Gasteiger partial charge in [0.15, 0.2) is 0 Å². The van der Waals surface area contributed by atoms with Crippen molar-refractivity contribution in [3.05, 3.63) is 24.3 Å². The van der Waals surface area contributed by atoms with E-state index in [-0.39, 0.29) is 6.10 Å². The third kappa shape index (κ3) is 2.20. The molecule has 3 saturated heterocycles. The van der Waals surface area contributed by atoms with E-state index in [2.05, 4.69) is 29.2 Å². The van der Waals surface area contributed by atoms with Gasteiger partial charge in [0.2, 0.25) is 0 Å². The van der Waals surface area contributed by atoms with E-state index in [1.54, 1.807) is 0 Å². The molecule has 1 atom stereocenters. The summed E-state index contributed by atoms with van der Waals surface area (Å²) in [6.45, 7) is 3.03. The van der Waals surface area contributed by atoms with Crippen molar-refractivity contribution in [3.63, 3.8) is 0 Å². The molecule has 1 N–H and O–H groups in total. The summed E-state index contributed by atoms with van der Waals surface area (Å²) < 4.78 is 4.80. The standard InChI is InChI=1S/C8H13NO3.C6H4/c10-8(11)12-7-5-9-3-1-6(7)2-4-9;1-2-6-4-3-5(1)6/h6-7H,1-5H2,(H,10,11);1-4H. The Balaban J connectivity index is 0.000000137. The molecule has 4 nitrogen and oxygen atoms in total. The number of hydrogen-bond donors (Lipinski definition) is 1. The minimum Gasteiger partial charge on any atom is -0.450 e. The molecule has 5 rings (SSSR count). The van der Waals surface area contributed by atoms with Crippen molar-refractivity contribution in [2.45, 2.75) is 18.9 Å². The van der Waals surface area contributed by atoms with E-state index >= 15 is 0 Å². The monoisotopic (exact) mass is 247 g/mol. The molecular weight excluding hydrogens is 230 g/mol. The molecule has 4 heteroatoms. The van der Waals surface area contributed by atoms with Gasteiger partial charge in [0.1, 0.15) is 6.10 Å². The first-order valence-corrected chi connectivity index (χ1v) is 6.45. The zero-order valence-corrected chi connectivity index (χ0v) is 10.2. The lowest BCUT2D eigenvalue weighted by atomic mass is 9.86. The summed E-state index contributed by atoms with van der Waals surface area (Å²) in [7, 11) is 0. The molecule has 0 aromatic heterocycles. The van der Waals surface area contributed by atoms with Gasteiger partial charge in [-0.3, -0.25) is 4.90 Å². The number of rotatable bonds is 1. The molecular formula is C14H17NO3. The Morgan fingerprint density at radius 3 is 2.00 bits per heavy atom. The summed E-state index contributed by atoms with van der Waals surface area (Å²) in [5.74, 6) is 0.478. The Hall–Kier alpha value is -1.55. The number of nitrogens with zero attached hydrogens (tertiary/aromatic N) is 1. The van der Waals surface area contributed by atoms with E-state index in [9.17, 15) is 4.79 Å². The van der Waals surface area contributed by atoms with Crippen LogP contribution in [0.5, 0.6) is 0 Å². The number of piperidine rings is 3. The van der Waals surface area contributed by atoms with Crippen LogP contribution in [0.3, 0.4) is 0 Å². The lowest BCUT2D eigenvalue weighted by Crippen LogP contribution is -2.51. The topological polar surface area (TPSA) is 49.8 Å². The van der Waals surface area contributed by atoms with Gasteiger partial charge in [-0.25, -0.2) is 4.79 Å². The van der Waals surface area contributed by atoms with Crippen LogP contribution in [0.25, 0.3) is 11.1 Å². The molecule has 3 aliphatic heterocycles. The zero-order chi connectivity index (χ0) is 12.5. The SMILES string of the molecule is O=C(O)OC1CN2CCC1CC2.c1cc2ccc1-2. The molecule has 0 spiro atoms. The molecule has 5 aliphatic rings. The predicted molar refractivity (Wildman–Crippen MR) is 67.5 cm³/mol. The van der Waals surface area contributed by atoms with Crippen molar-refractivity contribution in [3.8, 4) is 11.1 Å². The highest BCUT2D eigenvalue weighted by atomic mass is 16.7. The second-order valence-corrected chi connectivity index (χ2v) is 5.14. The third-order valence-electron chi connectivity index (χ3n) is 4.07. The highest BCUT2D eigenvalue weighted by Gasteiger charge is 2.36. The molecule has 0 amide bonds. The molecule has 1 unspecified atom stereocenters. The minimum atomic E-state index is -1.13. The van der Waals surface area contributed by atoms with E-state index < -0.39 is 6.16 Å². The summed E-state index contributed by atoms with van der Waals surface area (Å²) in [6.07, 6.45) is 0.995. The first-order valence-electron chi connectivity index (χ1n) is 6.45. The van der Waals surface area contributed by atoms with Crippen molar-refractivity contribution >= 4 is 6.16 Å². The van der Waals surface area contributed by atoms with Gasteiger partial charge in [-0.1, -0.05) is 24.3 Å². The summed E-state index contributed by atoms with van der Waals surface area (Å²) in [4.78, 5) is 12.6. The lowest BCUT2D eigenvalue weighted by molar-refractivity contribution is -0.0489. The van der Waals surface area contributed by atoms with Crippen LogP contribution in [0.15, 0.2) is 24.3 Å². The van der Waals surface area contributed by atoms with Crippen molar-refractivity contribution in [1.82, 2.24) is 4.90 Å². The molecule has 3 heterocycles. The zero-order valence-electron chi connectivity index (χ0n) is 10.2. The van der Waals surface area contributed by atoms with Crippen LogP contribution in [-0.4, -0.2) is 41.9 Å². The Morgan fingerprint density at radius 1 is 1.17 bits per heavy atom. The van der Waals surface area contributed by atoms with Crippen LogP contribution in [0.4, 0.5) is 4.79 Å². The van der Waals surface area contributed by atoms with Crippen LogP contribution in [0.2, 0.25) is 0 Å². The van der Waals surface area contributed by atoms with Gasteiger partial charge in [-0.15, -0.1) is 0 Å². The van der Waals surface area contributed by atoms with Crippen LogP contribution in [0.1, 0.15) is 12.8 Å². The normalized spacial score (nSPS) is 30.1. The summed E-state index contributed by atoms with van der Waals surface area (Å²) in [5.41, 5.74) is 2.85. The quantitative estimate of drug-likeness (QED) is 0.786. The van der Waals surface area contributed by atoms with Crippen LogP contribution in [-0.2, 0) is 4.74 Å². The number of fused-ring (bicyclic) bond motifs is 4. The largest absolute Gasteiger partial charge is 0.506 e. The summed E-state index contributed by atoms with van der Waals surface area (Å²) in [5, 5.41) is 8.45. The van der Waals surface area contributed by atoms with Gasteiger partial charge in [-0.2, -0.15) is 0 Å². The van der Waals surface area contributed by atoms with E-state index in [1.165, 1.54) is 11.1 Å². The second kappa shape index (κ2) is 4.61. The fraction of sp³-hybridized carbons (Fsp3) is 0.500. The van der Waals surface area contributed by atoms with Crippen molar-refractivity contribution in [2.75, 3.05) is 19.6 Å². The molecule has 0 saturated carbocycles. The van der Waals surface area contributed by atoms with Crippen molar-refractivity contribution < 1.29 is 14.6 Å². The lowest BCUT2D eigenvalue weighted by Gasteiger charge is -2.43. The summed E-state index contributed by atoms with van der Waals surface area (Å²) >= 11 is 0. The molecule has 0 radical (unpaired) electrons. The number of ether oxygens (including phenoxy) is 1. The highest BCUT2D eigenvalue weighted by Crippen LogP contribution is 2.30. The Bertz CT molecular complexity index is 414. The van der Waals surface area contributed by atoms with Gasteiger partial charge < -0.3 is 9.84 Å². The van der Waals surface area contributed by atoms with Gasteiger partial charge in [0, 0.05) is 6.54 Å². The fourth-order valence-corrected chi connectivity index (χ4v) is 2.84. The van der Waals surface area contributed by atoms with E-state index in [0.717, 1.165) is 32.5 Å². The van der Waals surface area contributed by atoms with Crippen molar-refractivity contribution in [2.24, 2.45) is 5.92 Å². The molecule has 0 aromatic carbocycles. The van der Waals surface area contributed by atoms with E-state index in [4.69, 9.17) is 9.84 Å². The molecule has 0 aromatic rings. The van der Waals surface area contributed by atoms with E-state index in [0.29, 0.717) is 5.92 Å². The van der Waals surface area contributed by atoms with Gasteiger partial charge in [-0.05, 0) is 43.0 Å². The second-order valence-electron chi connectivity index (χ2n) is 5.14. The van der Waals surface area contributed by atoms with Crippen molar-refractivity contribution in [1.29, 1.82) is 0 Å². The first kappa shape index (κ1) is 11.5. The van der Waals surface area contributed by atoms with Gasteiger partial charge in [0.05, 0.1) is 0 Å². The Kier molecular flexibility index (Phi) is 2.96. The maximum Gasteiger partial charge on any atom is 0.506 e.